The second-order valence-corrected chi connectivity index (χ2v) is 13.2. The lowest BCUT2D eigenvalue weighted by Crippen LogP contribution is -2.72. The molecule has 1 aliphatic rings. The highest BCUT2D eigenvalue weighted by molar-refractivity contribution is 5.87. The summed E-state index contributed by atoms with van der Waals surface area (Å²) in [5.74, 6) is -3.17. The number of unbranched alkanes of at least 4 members (excludes halogenated alkanes) is 17. The summed E-state index contributed by atoms with van der Waals surface area (Å²) in [6.07, 6.45) is 17.2. The van der Waals surface area contributed by atoms with Crippen LogP contribution in [0.2, 0.25) is 0 Å². The largest absolute Gasteiger partial charge is 0.394 e. The van der Waals surface area contributed by atoms with Gasteiger partial charge in [0.1, 0.15) is 12.2 Å². The molecule has 0 spiro atoms. The van der Waals surface area contributed by atoms with Crippen LogP contribution in [0.25, 0.3) is 0 Å². The van der Waals surface area contributed by atoms with Crippen molar-refractivity contribution in [3.05, 3.63) is 0 Å². The summed E-state index contributed by atoms with van der Waals surface area (Å²) in [6.45, 7) is 5.17. The SMILES string of the molecule is CCCCCCCCCCCCN(C(=O)CCCCCCCCCCC)[C@@]1(NC(=O)CNC(=O)[C@H](C)N)C[C@@H](O)[C@H](O)[C@@H](CO)O1. The molecule has 5 atom stereocenters. The molecule has 11 heteroatoms. The molecule has 3 amide bonds. The Hall–Kier alpha value is -1.79. The zero-order valence-electron chi connectivity index (χ0n) is 29.3. The van der Waals surface area contributed by atoms with E-state index in [1.165, 1.54) is 82.5 Å². The van der Waals surface area contributed by atoms with E-state index in [0.717, 1.165) is 38.5 Å². The van der Waals surface area contributed by atoms with E-state index in [-0.39, 0.29) is 25.3 Å². The van der Waals surface area contributed by atoms with Gasteiger partial charge >= 0.3 is 0 Å². The Kier molecular flexibility index (Phi) is 23.2. The number of aliphatic hydroxyl groups is 3. The van der Waals surface area contributed by atoms with Crippen LogP contribution in [0.5, 0.6) is 0 Å². The minimum atomic E-state index is -1.79. The molecule has 0 aromatic carbocycles. The molecule has 0 bridgehead atoms. The van der Waals surface area contributed by atoms with Gasteiger partial charge in [-0.3, -0.25) is 19.3 Å². The lowest BCUT2D eigenvalue weighted by molar-refractivity contribution is -0.280. The number of aliphatic hydroxyl groups excluding tert-OH is 3. The van der Waals surface area contributed by atoms with Crippen LogP contribution in [-0.4, -0.2) is 87.8 Å². The summed E-state index contributed by atoms with van der Waals surface area (Å²) in [5.41, 5.74) is 5.61. The summed E-state index contributed by atoms with van der Waals surface area (Å²) < 4.78 is 6.12. The van der Waals surface area contributed by atoms with Crippen molar-refractivity contribution in [1.29, 1.82) is 0 Å². The summed E-state index contributed by atoms with van der Waals surface area (Å²) >= 11 is 0. The van der Waals surface area contributed by atoms with Gasteiger partial charge in [0.05, 0.1) is 25.3 Å². The first-order valence-corrected chi connectivity index (χ1v) is 18.4. The van der Waals surface area contributed by atoms with Crippen molar-refractivity contribution < 1.29 is 34.4 Å². The maximum absolute atomic E-state index is 13.9. The van der Waals surface area contributed by atoms with Crippen molar-refractivity contribution in [2.75, 3.05) is 19.7 Å². The van der Waals surface area contributed by atoms with Crippen LogP contribution in [0.15, 0.2) is 0 Å². The minimum Gasteiger partial charge on any atom is -0.394 e. The number of rotatable bonds is 27. The normalized spacial score (nSPS) is 21.9. The van der Waals surface area contributed by atoms with Gasteiger partial charge in [-0.2, -0.15) is 0 Å². The number of nitrogens with two attached hydrogens (primary N) is 1. The standard InChI is InChI=1S/C35H68N4O7/c1-4-6-8-10-12-14-16-18-20-22-24-39(32(43)23-21-19-17-15-13-11-9-7-5-2)35(25-29(41)33(44)30(27-40)46-35)38-31(42)26-37-34(45)28(3)36/h28-30,33,40-41,44H,4-27,36H2,1-3H3,(H,37,45)(H,38,42)/t28-,29+,30+,33-,35-/m0/s1. The topological polar surface area (TPSA) is 174 Å². The monoisotopic (exact) mass is 657 g/mol. The zero-order chi connectivity index (χ0) is 34.2. The maximum atomic E-state index is 13.9. The van der Waals surface area contributed by atoms with Crippen molar-refractivity contribution in [2.45, 2.75) is 186 Å². The van der Waals surface area contributed by atoms with Crippen LogP contribution >= 0.6 is 0 Å². The summed E-state index contributed by atoms with van der Waals surface area (Å²) in [7, 11) is 0. The second-order valence-electron chi connectivity index (χ2n) is 13.2. The Morgan fingerprint density at radius 3 is 1.78 bits per heavy atom. The Morgan fingerprint density at radius 2 is 1.30 bits per heavy atom. The van der Waals surface area contributed by atoms with E-state index in [2.05, 4.69) is 24.5 Å². The van der Waals surface area contributed by atoms with E-state index in [9.17, 15) is 29.7 Å². The molecule has 7 N–H and O–H groups in total. The van der Waals surface area contributed by atoms with Crippen molar-refractivity contribution in [3.63, 3.8) is 0 Å². The minimum absolute atomic E-state index is 0.223. The number of carbonyl (C=O) groups excluding carboxylic acids is 3. The average molecular weight is 657 g/mol. The maximum Gasteiger partial charge on any atom is 0.243 e. The number of nitrogens with one attached hydrogen (secondary N) is 2. The highest BCUT2D eigenvalue weighted by Gasteiger charge is 2.52. The molecule has 0 saturated carbocycles. The smallest absolute Gasteiger partial charge is 0.243 e. The Bertz CT molecular complexity index is 831. The van der Waals surface area contributed by atoms with E-state index >= 15 is 0 Å². The van der Waals surface area contributed by atoms with E-state index in [0.29, 0.717) is 12.8 Å². The molecule has 1 aliphatic heterocycles. The summed E-state index contributed by atoms with van der Waals surface area (Å²) in [6, 6.07) is -0.811. The van der Waals surface area contributed by atoms with Gasteiger partial charge in [0.25, 0.3) is 0 Å². The number of hydrogen-bond acceptors (Lipinski definition) is 8. The number of carbonyl (C=O) groups is 3. The first-order chi connectivity index (χ1) is 22.1. The highest BCUT2D eigenvalue weighted by Crippen LogP contribution is 2.32. The number of hydrogen-bond donors (Lipinski definition) is 6. The number of ether oxygens (including phenoxy) is 1. The molecule has 46 heavy (non-hydrogen) atoms. The third-order valence-electron chi connectivity index (χ3n) is 8.93. The molecule has 1 rings (SSSR count). The lowest BCUT2D eigenvalue weighted by atomic mass is 9.96. The first-order valence-electron chi connectivity index (χ1n) is 18.4. The fraction of sp³-hybridized carbons (Fsp3) is 0.914. The van der Waals surface area contributed by atoms with Gasteiger partial charge in [0.15, 0.2) is 0 Å². The van der Waals surface area contributed by atoms with Gasteiger partial charge in [0.2, 0.25) is 23.6 Å². The molecule has 0 aromatic rings. The molecule has 0 radical (unpaired) electrons. The van der Waals surface area contributed by atoms with Gasteiger partial charge in [-0.1, -0.05) is 123 Å². The Balaban J connectivity index is 2.98. The van der Waals surface area contributed by atoms with Crippen LogP contribution in [0.1, 0.15) is 156 Å². The molecular formula is C35H68N4O7. The van der Waals surface area contributed by atoms with Gasteiger partial charge in [-0.25, -0.2) is 0 Å². The quantitative estimate of drug-likeness (QED) is 0.0558. The van der Waals surface area contributed by atoms with E-state index in [4.69, 9.17) is 10.5 Å². The summed E-state index contributed by atoms with van der Waals surface area (Å²) in [4.78, 5) is 40.5. The molecule has 0 aromatic heterocycles. The third kappa shape index (κ3) is 16.9. The van der Waals surface area contributed by atoms with Crippen LogP contribution in [-0.2, 0) is 19.1 Å². The van der Waals surface area contributed by atoms with E-state index < -0.39 is 55.2 Å². The number of amides is 3. The van der Waals surface area contributed by atoms with Gasteiger partial charge in [-0.05, 0) is 19.8 Å². The predicted octanol–water partition coefficient (Wildman–Crippen LogP) is 4.39. The van der Waals surface area contributed by atoms with Crippen molar-refractivity contribution in [1.82, 2.24) is 15.5 Å². The van der Waals surface area contributed by atoms with Crippen LogP contribution < -0.4 is 16.4 Å². The average Bonchev–Trinajstić information content (AvgIpc) is 3.03. The van der Waals surface area contributed by atoms with E-state index in [1.807, 2.05) is 0 Å². The molecular weight excluding hydrogens is 588 g/mol. The van der Waals surface area contributed by atoms with Gasteiger partial charge in [0, 0.05) is 19.4 Å². The first kappa shape index (κ1) is 42.2. The molecule has 11 nitrogen and oxygen atoms in total. The summed E-state index contributed by atoms with van der Waals surface area (Å²) in [5, 5.41) is 36.5. The van der Waals surface area contributed by atoms with Crippen molar-refractivity contribution in [3.8, 4) is 0 Å². The van der Waals surface area contributed by atoms with Crippen molar-refractivity contribution >= 4 is 17.7 Å². The van der Waals surface area contributed by atoms with Crippen LogP contribution in [0.3, 0.4) is 0 Å². The number of nitrogens with zero attached hydrogens (tertiary/aromatic N) is 1. The molecule has 1 fully saturated rings. The van der Waals surface area contributed by atoms with Gasteiger partial charge < -0.3 is 36.4 Å². The fourth-order valence-electron chi connectivity index (χ4n) is 6.06. The van der Waals surface area contributed by atoms with E-state index in [1.54, 1.807) is 0 Å². The van der Waals surface area contributed by atoms with Crippen LogP contribution in [0.4, 0.5) is 0 Å². The fourth-order valence-corrected chi connectivity index (χ4v) is 6.06. The molecule has 0 aliphatic carbocycles. The lowest BCUT2D eigenvalue weighted by Gasteiger charge is -2.50. The molecule has 1 saturated heterocycles. The van der Waals surface area contributed by atoms with Crippen LogP contribution in [0, 0.1) is 0 Å². The second kappa shape index (κ2) is 25.3. The Labute approximate surface area is 278 Å². The van der Waals surface area contributed by atoms with Gasteiger partial charge in [-0.15, -0.1) is 0 Å². The van der Waals surface area contributed by atoms with Crippen molar-refractivity contribution in [2.24, 2.45) is 5.73 Å². The predicted molar refractivity (Wildman–Crippen MR) is 182 cm³/mol. The highest BCUT2D eigenvalue weighted by atomic mass is 16.6. The molecule has 0 unspecified atom stereocenters. The zero-order valence-corrected chi connectivity index (χ0v) is 29.3. The molecule has 1 heterocycles. The Morgan fingerprint density at radius 1 is 0.826 bits per heavy atom. The molecule has 270 valence electrons. The third-order valence-corrected chi connectivity index (χ3v) is 8.93.